The molecule has 1 aliphatic rings. The van der Waals surface area contributed by atoms with E-state index in [9.17, 15) is 4.79 Å². The summed E-state index contributed by atoms with van der Waals surface area (Å²) in [5.74, 6) is 0.506. The summed E-state index contributed by atoms with van der Waals surface area (Å²) in [7, 11) is 0. The zero-order chi connectivity index (χ0) is 17.8. The molecule has 0 unspecified atom stereocenters. The summed E-state index contributed by atoms with van der Waals surface area (Å²) >= 11 is 1.83. The number of fused-ring (bicyclic) bond motifs is 1. The monoisotopic (exact) mass is 355 g/mol. The van der Waals surface area contributed by atoms with Crippen LogP contribution in [0.4, 0.5) is 0 Å². The first-order valence-electron chi connectivity index (χ1n) is 9.59. The Hall–Kier alpha value is -1.61. The lowest BCUT2D eigenvalue weighted by atomic mass is 9.90. The van der Waals surface area contributed by atoms with Gasteiger partial charge in [0.05, 0.1) is 6.04 Å². The van der Waals surface area contributed by atoms with E-state index in [2.05, 4.69) is 61.4 Å². The Balaban J connectivity index is 1.94. The van der Waals surface area contributed by atoms with E-state index in [0.717, 1.165) is 38.6 Å². The van der Waals surface area contributed by atoms with Gasteiger partial charge in [-0.1, -0.05) is 56.5 Å². The van der Waals surface area contributed by atoms with Crippen molar-refractivity contribution in [1.29, 1.82) is 0 Å². The molecule has 1 amide bonds. The molecular weight excluding hydrogens is 326 g/mol. The smallest absolute Gasteiger partial charge is 0.226 e. The van der Waals surface area contributed by atoms with Crippen molar-refractivity contribution in [2.45, 2.75) is 58.9 Å². The lowest BCUT2D eigenvalue weighted by molar-refractivity contribution is -0.138. The van der Waals surface area contributed by atoms with Crippen molar-refractivity contribution < 1.29 is 4.79 Å². The fourth-order valence-electron chi connectivity index (χ4n) is 3.85. The highest BCUT2D eigenvalue weighted by molar-refractivity contribution is 7.10. The molecule has 1 aliphatic heterocycles. The molecule has 1 aromatic carbocycles. The maximum absolute atomic E-state index is 13.3. The van der Waals surface area contributed by atoms with E-state index in [-0.39, 0.29) is 12.0 Å². The molecule has 2 atom stereocenters. The Morgan fingerprint density at radius 3 is 2.68 bits per heavy atom. The van der Waals surface area contributed by atoms with Gasteiger partial charge in [-0.25, -0.2) is 0 Å². The number of hydrogen-bond donors (Lipinski definition) is 0. The molecule has 3 heteroatoms. The molecule has 134 valence electrons. The number of carbonyl (C=O) groups excluding carboxylic acids is 1. The first kappa shape index (κ1) is 18.2. The van der Waals surface area contributed by atoms with Gasteiger partial charge in [0.15, 0.2) is 0 Å². The fourth-order valence-corrected chi connectivity index (χ4v) is 4.75. The summed E-state index contributed by atoms with van der Waals surface area (Å²) in [6.07, 6.45) is 5.23. The molecule has 0 saturated heterocycles. The fraction of sp³-hybridized carbons (Fsp3) is 0.500. The highest BCUT2D eigenvalue weighted by atomic mass is 32.1. The lowest BCUT2D eigenvalue weighted by Crippen LogP contribution is -2.43. The van der Waals surface area contributed by atoms with Gasteiger partial charge in [-0.2, -0.15) is 0 Å². The van der Waals surface area contributed by atoms with Crippen molar-refractivity contribution in [1.82, 2.24) is 4.90 Å². The van der Waals surface area contributed by atoms with Crippen molar-refractivity contribution in [3.63, 3.8) is 0 Å². The maximum atomic E-state index is 13.3. The maximum Gasteiger partial charge on any atom is 0.226 e. The number of aryl methyl sites for hydroxylation is 1. The zero-order valence-electron chi connectivity index (χ0n) is 15.6. The summed E-state index contributed by atoms with van der Waals surface area (Å²) in [5, 5.41) is 2.17. The van der Waals surface area contributed by atoms with Crippen LogP contribution in [0.2, 0.25) is 0 Å². The van der Waals surface area contributed by atoms with Crippen molar-refractivity contribution >= 4 is 17.2 Å². The number of hydrogen-bond acceptors (Lipinski definition) is 2. The highest BCUT2D eigenvalue weighted by Gasteiger charge is 2.35. The van der Waals surface area contributed by atoms with Gasteiger partial charge in [0.2, 0.25) is 5.91 Å². The van der Waals surface area contributed by atoms with E-state index in [1.807, 2.05) is 11.3 Å². The van der Waals surface area contributed by atoms with Crippen LogP contribution in [0.1, 0.15) is 67.1 Å². The van der Waals surface area contributed by atoms with E-state index >= 15 is 0 Å². The number of rotatable bonds is 6. The minimum Gasteiger partial charge on any atom is -0.331 e. The number of amides is 1. The Kier molecular flexibility index (Phi) is 5.95. The predicted molar refractivity (Wildman–Crippen MR) is 106 cm³/mol. The molecule has 25 heavy (non-hydrogen) atoms. The van der Waals surface area contributed by atoms with Gasteiger partial charge in [0.25, 0.3) is 0 Å². The van der Waals surface area contributed by atoms with Gasteiger partial charge in [-0.05, 0) is 48.8 Å². The van der Waals surface area contributed by atoms with Crippen LogP contribution in [0.3, 0.4) is 0 Å². The highest BCUT2D eigenvalue weighted by Crippen LogP contribution is 2.39. The summed E-state index contributed by atoms with van der Waals surface area (Å²) in [4.78, 5) is 16.9. The second-order valence-electron chi connectivity index (χ2n) is 7.14. The van der Waals surface area contributed by atoms with E-state index < -0.39 is 0 Å². The van der Waals surface area contributed by atoms with Crippen LogP contribution < -0.4 is 0 Å². The standard InChI is InChI=1S/C22H29NOS/c1-4-6-7-17(5-2)22(24)23-14-12-20-19(13-15-25-20)21(23)18-10-8-16(3)9-11-18/h8-11,13,15,17,21H,4-7,12,14H2,1-3H3/t17-,21+/m0/s1. The van der Waals surface area contributed by atoms with Crippen molar-refractivity contribution in [2.75, 3.05) is 6.54 Å². The molecule has 2 aromatic rings. The molecule has 1 aromatic heterocycles. The number of benzene rings is 1. The normalized spacial score (nSPS) is 18.0. The number of thiophene rings is 1. The predicted octanol–water partition coefficient (Wildman–Crippen LogP) is 5.75. The van der Waals surface area contributed by atoms with Gasteiger partial charge >= 0.3 is 0 Å². The third-order valence-electron chi connectivity index (χ3n) is 5.39. The van der Waals surface area contributed by atoms with Gasteiger partial charge in [-0.3, -0.25) is 4.79 Å². The van der Waals surface area contributed by atoms with Crippen LogP contribution in [0.25, 0.3) is 0 Å². The first-order chi connectivity index (χ1) is 12.2. The van der Waals surface area contributed by atoms with E-state index in [0.29, 0.717) is 5.91 Å². The van der Waals surface area contributed by atoms with E-state index in [1.165, 1.54) is 21.6 Å². The van der Waals surface area contributed by atoms with Crippen LogP contribution in [-0.4, -0.2) is 17.4 Å². The Bertz CT molecular complexity index is 703. The van der Waals surface area contributed by atoms with Crippen LogP contribution >= 0.6 is 11.3 Å². The Labute approximate surface area is 155 Å². The summed E-state index contributed by atoms with van der Waals surface area (Å²) in [6.45, 7) is 7.30. The molecule has 0 bridgehead atoms. The zero-order valence-corrected chi connectivity index (χ0v) is 16.4. The van der Waals surface area contributed by atoms with Crippen molar-refractivity contribution in [3.05, 3.63) is 57.3 Å². The summed E-state index contributed by atoms with van der Waals surface area (Å²) < 4.78 is 0. The minimum atomic E-state index is 0.0822. The summed E-state index contributed by atoms with van der Waals surface area (Å²) in [5.41, 5.74) is 3.83. The quantitative estimate of drug-likeness (QED) is 0.646. The van der Waals surface area contributed by atoms with Crippen LogP contribution in [0.15, 0.2) is 35.7 Å². The van der Waals surface area contributed by atoms with Gasteiger partial charge in [0, 0.05) is 17.3 Å². The SMILES string of the molecule is CCCC[C@H](CC)C(=O)N1CCc2sccc2[C@H]1c1ccc(C)cc1. The second kappa shape index (κ2) is 8.18. The van der Waals surface area contributed by atoms with E-state index in [4.69, 9.17) is 0 Å². The average molecular weight is 356 g/mol. The molecule has 2 nitrogen and oxygen atoms in total. The van der Waals surface area contributed by atoms with Crippen molar-refractivity contribution in [2.24, 2.45) is 5.92 Å². The lowest BCUT2D eigenvalue weighted by Gasteiger charge is -2.38. The topological polar surface area (TPSA) is 20.3 Å². The Morgan fingerprint density at radius 2 is 2.00 bits per heavy atom. The second-order valence-corrected chi connectivity index (χ2v) is 8.14. The largest absolute Gasteiger partial charge is 0.331 e. The molecule has 0 fully saturated rings. The number of carbonyl (C=O) groups is 1. The molecule has 3 rings (SSSR count). The molecule has 2 heterocycles. The number of unbranched alkanes of at least 4 members (excludes halogenated alkanes) is 1. The van der Waals surface area contributed by atoms with E-state index in [1.54, 1.807) is 0 Å². The first-order valence-corrected chi connectivity index (χ1v) is 10.5. The van der Waals surface area contributed by atoms with Crippen LogP contribution in [-0.2, 0) is 11.2 Å². The van der Waals surface area contributed by atoms with Crippen LogP contribution in [0.5, 0.6) is 0 Å². The molecule has 0 radical (unpaired) electrons. The third-order valence-corrected chi connectivity index (χ3v) is 6.39. The molecular formula is C22H29NOS. The summed E-state index contributed by atoms with van der Waals surface area (Å²) in [6, 6.07) is 11.0. The average Bonchev–Trinajstić information content (AvgIpc) is 3.11. The Morgan fingerprint density at radius 1 is 1.24 bits per heavy atom. The molecule has 0 aliphatic carbocycles. The molecule has 0 spiro atoms. The third kappa shape index (κ3) is 3.82. The number of nitrogens with zero attached hydrogens (tertiary/aromatic N) is 1. The molecule has 0 saturated carbocycles. The van der Waals surface area contributed by atoms with Gasteiger partial charge in [0.1, 0.15) is 0 Å². The van der Waals surface area contributed by atoms with Crippen molar-refractivity contribution in [3.8, 4) is 0 Å². The van der Waals surface area contributed by atoms with Gasteiger partial charge < -0.3 is 4.90 Å². The minimum absolute atomic E-state index is 0.0822. The van der Waals surface area contributed by atoms with Crippen LogP contribution in [0, 0.1) is 12.8 Å². The molecule has 0 N–H and O–H groups in total. The van der Waals surface area contributed by atoms with Gasteiger partial charge in [-0.15, -0.1) is 11.3 Å².